The fourth-order valence-corrected chi connectivity index (χ4v) is 5.43. The van der Waals surface area contributed by atoms with E-state index in [1.807, 2.05) is 18.5 Å². The smallest absolute Gasteiger partial charge is 0.227 e. The van der Waals surface area contributed by atoms with Crippen LogP contribution in [-0.2, 0) is 0 Å². The van der Waals surface area contributed by atoms with Crippen LogP contribution in [0.25, 0.3) is 11.2 Å². The van der Waals surface area contributed by atoms with Gasteiger partial charge in [-0.05, 0) is 63.1 Å². The summed E-state index contributed by atoms with van der Waals surface area (Å²) in [5.74, 6) is 1.46. The molecule has 2 saturated carbocycles. The number of halogens is 5. The molecule has 3 aromatic rings. The first-order valence-electron chi connectivity index (χ1n) is 12.8. The summed E-state index contributed by atoms with van der Waals surface area (Å²) >= 11 is 12.1. The minimum absolute atomic E-state index is 0. The van der Waals surface area contributed by atoms with Gasteiger partial charge in [0.2, 0.25) is 5.95 Å². The van der Waals surface area contributed by atoms with Crippen LogP contribution in [-0.4, -0.2) is 44.7 Å². The van der Waals surface area contributed by atoms with E-state index in [9.17, 15) is 0 Å². The van der Waals surface area contributed by atoms with E-state index in [1.54, 1.807) is 6.07 Å². The molecule has 2 aliphatic rings. The molecule has 0 saturated heterocycles. The van der Waals surface area contributed by atoms with Gasteiger partial charge in [-0.1, -0.05) is 36.0 Å². The van der Waals surface area contributed by atoms with E-state index in [4.69, 9.17) is 43.9 Å². The van der Waals surface area contributed by atoms with Gasteiger partial charge in [0.25, 0.3) is 0 Å². The SMILES string of the molecule is Cl.Cl.Cl.NC1CCC(Nc2nc(NCCCNc3ccc(Cl)c(Cl)c3)c3ncn(C4CCCC4)c3n2)CC1. The topological polar surface area (TPSA) is 106 Å². The Morgan fingerprint density at radius 1 is 0.895 bits per heavy atom. The maximum Gasteiger partial charge on any atom is 0.227 e. The molecule has 0 unspecified atom stereocenters. The fourth-order valence-electron chi connectivity index (χ4n) is 5.13. The number of benzene rings is 1. The quantitative estimate of drug-likeness (QED) is 0.188. The Hall–Kier alpha value is -1.42. The van der Waals surface area contributed by atoms with Gasteiger partial charge in [0, 0.05) is 36.9 Å². The second-order valence-electron chi connectivity index (χ2n) is 9.75. The Bertz CT molecular complexity index is 1150. The summed E-state index contributed by atoms with van der Waals surface area (Å²) in [5.41, 5.74) is 8.81. The number of rotatable bonds is 9. The average molecular weight is 627 g/mol. The number of nitrogens with zero attached hydrogens (tertiary/aromatic N) is 4. The molecular formula is C25H37Cl5N8. The molecule has 0 radical (unpaired) electrons. The Morgan fingerprint density at radius 2 is 1.61 bits per heavy atom. The standard InChI is InChI=1S/C25H34Cl2N8.3ClH/c26-20-11-10-18(14-21(20)27)29-12-3-13-30-23-22-24(35(15-31-22)19-4-1-2-5-19)34-25(33-23)32-17-8-6-16(28)7-9-17;;;/h10-11,14-17,19,29H,1-9,12-13,28H2,(H2,30,32,33,34);3*1H. The molecule has 212 valence electrons. The van der Waals surface area contributed by atoms with Gasteiger partial charge in [0.1, 0.15) is 0 Å². The van der Waals surface area contributed by atoms with Crippen LogP contribution in [0.1, 0.15) is 63.8 Å². The van der Waals surface area contributed by atoms with Crippen molar-refractivity contribution in [2.45, 2.75) is 75.9 Å². The van der Waals surface area contributed by atoms with Crippen molar-refractivity contribution >= 4 is 89.0 Å². The third-order valence-corrected chi connectivity index (χ3v) is 7.88. The zero-order valence-corrected chi connectivity index (χ0v) is 25.1. The lowest BCUT2D eigenvalue weighted by Crippen LogP contribution is -2.33. The highest BCUT2D eigenvalue weighted by atomic mass is 35.5. The molecule has 0 aliphatic heterocycles. The minimum Gasteiger partial charge on any atom is -0.385 e. The summed E-state index contributed by atoms with van der Waals surface area (Å²) in [6, 6.07) is 6.72. The molecule has 0 spiro atoms. The van der Waals surface area contributed by atoms with Crippen molar-refractivity contribution in [3.05, 3.63) is 34.6 Å². The fraction of sp³-hybridized carbons (Fsp3) is 0.560. The van der Waals surface area contributed by atoms with Gasteiger partial charge in [-0.2, -0.15) is 9.97 Å². The number of imidazole rings is 1. The molecule has 2 fully saturated rings. The van der Waals surface area contributed by atoms with Crippen LogP contribution in [0.5, 0.6) is 0 Å². The van der Waals surface area contributed by atoms with Crippen LogP contribution in [0.4, 0.5) is 17.5 Å². The van der Waals surface area contributed by atoms with E-state index in [0.717, 1.165) is 67.9 Å². The van der Waals surface area contributed by atoms with Crippen molar-refractivity contribution in [1.29, 1.82) is 0 Å². The van der Waals surface area contributed by atoms with Crippen LogP contribution >= 0.6 is 60.4 Å². The van der Waals surface area contributed by atoms with Crippen molar-refractivity contribution < 1.29 is 0 Å². The number of nitrogens with one attached hydrogen (secondary N) is 3. The van der Waals surface area contributed by atoms with Gasteiger partial charge in [-0.15, -0.1) is 37.2 Å². The number of nitrogens with two attached hydrogens (primary N) is 1. The van der Waals surface area contributed by atoms with Crippen LogP contribution in [0, 0.1) is 0 Å². The van der Waals surface area contributed by atoms with E-state index in [1.165, 1.54) is 25.7 Å². The van der Waals surface area contributed by atoms with E-state index < -0.39 is 0 Å². The average Bonchev–Trinajstić information content (AvgIpc) is 3.52. The molecule has 5 N–H and O–H groups in total. The number of hydrogen-bond donors (Lipinski definition) is 4. The van der Waals surface area contributed by atoms with Crippen molar-refractivity contribution in [2.75, 3.05) is 29.0 Å². The summed E-state index contributed by atoms with van der Waals surface area (Å²) in [5, 5.41) is 11.6. The van der Waals surface area contributed by atoms with E-state index in [-0.39, 0.29) is 37.2 Å². The summed E-state index contributed by atoms with van der Waals surface area (Å²) in [7, 11) is 0. The molecular weight excluding hydrogens is 590 g/mol. The largest absolute Gasteiger partial charge is 0.385 e. The maximum atomic E-state index is 6.11. The molecule has 13 heteroatoms. The highest BCUT2D eigenvalue weighted by Gasteiger charge is 2.23. The second-order valence-corrected chi connectivity index (χ2v) is 10.6. The highest BCUT2D eigenvalue weighted by molar-refractivity contribution is 6.42. The summed E-state index contributed by atoms with van der Waals surface area (Å²) in [6.07, 6.45) is 11.9. The van der Waals surface area contributed by atoms with Gasteiger partial charge in [0.15, 0.2) is 17.0 Å². The minimum atomic E-state index is 0. The Kier molecular flexibility index (Phi) is 13.3. The molecule has 2 aromatic heterocycles. The summed E-state index contributed by atoms with van der Waals surface area (Å²) < 4.78 is 2.25. The molecule has 8 nitrogen and oxygen atoms in total. The number of hydrogen-bond acceptors (Lipinski definition) is 7. The Labute approximate surface area is 252 Å². The van der Waals surface area contributed by atoms with E-state index in [2.05, 4.69) is 20.5 Å². The van der Waals surface area contributed by atoms with Gasteiger partial charge >= 0.3 is 0 Å². The molecule has 1 aromatic carbocycles. The summed E-state index contributed by atoms with van der Waals surface area (Å²) in [6.45, 7) is 1.55. The van der Waals surface area contributed by atoms with Crippen LogP contribution in [0.2, 0.25) is 10.0 Å². The van der Waals surface area contributed by atoms with Crippen molar-refractivity contribution in [3.8, 4) is 0 Å². The lowest BCUT2D eigenvalue weighted by atomic mass is 9.92. The first-order valence-corrected chi connectivity index (χ1v) is 13.5. The Morgan fingerprint density at radius 3 is 2.32 bits per heavy atom. The zero-order chi connectivity index (χ0) is 24.2. The lowest BCUT2D eigenvalue weighted by Gasteiger charge is -2.27. The molecule has 0 atom stereocenters. The van der Waals surface area contributed by atoms with E-state index in [0.29, 0.717) is 34.1 Å². The molecule has 5 rings (SSSR count). The summed E-state index contributed by atoms with van der Waals surface area (Å²) in [4.78, 5) is 14.5. The van der Waals surface area contributed by atoms with E-state index >= 15 is 0 Å². The highest BCUT2D eigenvalue weighted by Crippen LogP contribution is 2.33. The lowest BCUT2D eigenvalue weighted by molar-refractivity contribution is 0.410. The molecule has 38 heavy (non-hydrogen) atoms. The zero-order valence-electron chi connectivity index (χ0n) is 21.2. The number of aromatic nitrogens is 4. The van der Waals surface area contributed by atoms with Gasteiger partial charge < -0.3 is 26.3 Å². The first kappa shape index (κ1) is 32.8. The third kappa shape index (κ3) is 8.05. The number of fused-ring (bicyclic) bond motifs is 1. The number of anilines is 3. The van der Waals surface area contributed by atoms with Crippen LogP contribution in [0.15, 0.2) is 24.5 Å². The molecule has 0 bridgehead atoms. The molecule has 2 aliphatic carbocycles. The maximum absolute atomic E-state index is 6.11. The predicted octanol–water partition coefficient (Wildman–Crippen LogP) is 7.11. The van der Waals surface area contributed by atoms with Crippen LogP contribution in [0.3, 0.4) is 0 Å². The van der Waals surface area contributed by atoms with Crippen molar-refractivity contribution in [3.63, 3.8) is 0 Å². The van der Waals surface area contributed by atoms with Crippen molar-refractivity contribution in [2.24, 2.45) is 5.73 Å². The van der Waals surface area contributed by atoms with Gasteiger partial charge in [0.05, 0.1) is 16.4 Å². The normalized spacial score (nSPS) is 19.2. The van der Waals surface area contributed by atoms with Crippen LogP contribution < -0.4 is 21.7 Å². The monoisotopic (exact) mass is 624 g/mol. The van der Waals surface area contributed by atoms with Gasteiger partial charge in [-0.3, -0.25) is 0 Å². The molecule has 0 amide bonds. The predicted molar refractivity (Wildman–Crippen MR) is 166 cm³/mol. The first-order chi connectivity index (χ1) is 17.1. The van der Waals surface area contributed by atoms with Crippen molar-refractivity contribution in [1.82, 2.24) is 19.5 Å². The van der Waals surface area contributed by atoms with Gasteiger partial charge in [-0.25, -0.2) is 4.98 Å². The third-order valence-electron chi connectivity index (χ3n) is 7.14. The second kappa shape index (κ2) is 15.4. The molecule has 2 heterocycles. The Balaban J connectivity index is 0.00000169.